The van der Waals surface area contributed by atoms with Crippen molar-refractivity contribution in [1.29, 1.82) is 0 Å². The second-order valence-electron chi connectivity index (χ2n) is 7.98. The van der Waals surface area contributed by atoms with Gasteiger partial charge in [-0.15, -0.1) is 0 Å². The first-order chi connectivity index (χ1) is 17.0. The molecule has 0 aromatic heterocycles. The summed E-state index contributed by atoms with van der Waals surface area (Å²) in [6, 6.07) is 22.4. The van der Waals surface area contributed by atoms with Gasteiger partial charge in [-0.05, 0) is 48.2 Å². The minimum atomic E-state index is -0.899. The molecule has 0 spiro atoms. The molecule has 4 rings (SSSR count). The fourth-order valence-corrected chi connectivity index (χ4v) is 3.83. The summed E-state index contributed by atoms with van der Waals surface area (Å²) in [5, 5.41) is 0. The lowest BCUT2D eigenvalue weighted by Gasteiger charge is -2.08. The van der Waals surface area contributed by atoms with Gasteiger partial charge in [0.05, 0.1) is 6.61 Å². The van der Waals surface area contributed by atoms with Crippen molar-refractivity contribution in [2.45, 2.75) is 13.8 Å². The van der Waals surface area contributed by atoms with Crippen LogP contribution in [-0.4, -0.2) is 6.61 Å². The highest BCUT2D eigenvalue weighted by Gasteiger charge is 2.13. The van der Waals surface area contributed by atoms with Crippen LogP contribution in [-0.2, 0) is 0 Å². The van der Waals surface area contributed by atoms with Crippen LogP contribution < -0.4 is 4.74 Å². The zero-order valence-electron chi connectivity index (χ0n) is 19.6. The van der Waals surface area contributed by atoms with E-state index in [9.17, 15) is 13.2 Å². The molecule has 0 heterocycles. The summed E-state index contributed by atoms with van der Waals surface area (Å²) in [6.45, 7) is 4.24. The Bertz CT molecular complexity index is 1370. The van der Waals surface area contributed by atoms with Crippen molar-refractivity contribution in [2.24, 2.45) is 0 Å². The van der Waals surface area contributed by atoms with E-state index in [0.29, 0.717) is 29.0 Å². The van der Waals surface area contributed by atoms with Crippen molar-refractivity contribution >= 4 is 18.2 Å². The van der Waals surface area contributed by atoms with Crippen molar-refractivity contribution in [3.05, 3.63) is 119 Å². The molecule has 0 amide bonds. The molecule has 0 aliphatic carbocycles. The van der Waals surface area contributed by atoms with Gasteiger partial charge in [0, 0.05) is 22.8 Å². The molecule has 0 aliphatic heterocycles. The highest BCUT2D eigenvalue weighted by Crippen LogP contribution is 2.29. The molecular formula is C31H25F3O. The molecule has 4 heteroatoms. The number of allylic oxidation sites excluding steroid dienone is 1. The first-order valence-corrected chi connectivity index (χ1v) is 11.4. The minimum Gasteiger partial charge on any atom is -0.494 e. The first-order valence-electron chi connectivity index (χ1n) is 11.4. The molecule has 1 nitrogen and oxygen atoms in total. The maximum absolute atomic E-state index is 14.8. The molecule has 0 atom stereocenters. The van der Waals surface area contributed by atoms with Crippen LogP contribution in [0, 0.1) is 17.5 Å². The topological polar surface area (TPSA) is 9.23 Å². The summed E-state index contributed by atoms with van der Waals surface area (Å²) >= 11 is 0. The number of hydrogen-bond donors (Lipinski definition) is 0. The zero-order chi connectivity index (χ0) is 24.8. The standard InChI is InChI=1S/C31H25F3O/c1-3-5-21-6-13-24(14-7-21)28-18-16-25(30(33)31(28)34)15-10-22-8-11-23(12-9-22)27-19-17-26(35-4-2)20-29(27)32/h3,5-20H,4H2,1-2H3/b5-3+,15-10+. The Morgan fingerprint density at radius 1 is 0.657 bits per heavy atom. The molecule has 176 valence electrons. The third-order valence-corrected chi connectivity index (χ3v) is 5.62. The van der Waals surface area contributed by atoms with E-state index < -0.39 is 11.6 Å². The normalized spacial score (nSPS) is 11.5. The molecule has 4 aromatic carbocycles. The summed E-state index contributed by atoms with van der Waals surface area (Å²) in [5.41, 5.74) is 3.93. The molecule has 0 radical (unpaired) electrons. The van der Waals surface area contributed by atoms with Crippen LogP contribution in [0.1, 0.15) is 30.5 Å². The van der Waals surface area contributed by atoms with Crippen LogP contribution in [0.3, 0.4) is 0 Å². The maximum Gasteiger partial charge on any atom is 0.167 e. The lowest BCUT2D eigenvalue weighted by Crippen LogP contribution is -1.93. The summed E-state index contributed by atoms with van der Waals surface area (Å²) < 4.78 is 49.4. The Morgan fingerprint density at radius 2 is 1.26 bits per heavy atom. The van der Waals surface area contributed by atoms with Gasteiger partial charge in [0.1, 0.15) is 11.6 Å². The Labute approximate surface area is 203 Å². The van der Waals surface area contributed by atoms with Gasteiger partial charge in [-0.25, -0.2) is 13.2 Å². The van der Waals surface area contributed by atoms with Crippen LogP contribution in [0.4, 0.5) is 13.2 Å². The summed E-state index contributed by atoms with van der Waals surface area (Å²) in [6.07, 6.45) is 7.09. The largest absolute Gasteiger partial charge is 0.494 e. The number of halogens is 3. The van der Waals surface area contributed by atoms with Crippen LogP contribution >= 0.6 is 0 Å². The van der Waals surface area contributed by atoms with Crippen molar-refractivity contribution in [1.82, 2.24) is 0 Å². The summed E-state index contributed by atoms with van der Waals surface area (Å²) in [5.74, 6) is -1.66. The lowest BCUT2D eigenvalue weighted by atomic mass is 10.00. The highest BCUT2D eigenvalue weighted by atomic mass is 19.2. The molecule has 0 saturated carbocycles. The fourth-order valence-electron chi connectivity index (χ4n) is 3.83. The molecule has 0 bridgehead atoms. The molecule has 4 aromatic rings. The first kappa shape index (κ1) is 24.1. The van der Waals surface area contributed by atoms with E-state index in [1.54, 1.807) is 66.7 Å². The van der Waals surface area contributed by atoms with Crippen LogP contribution in [0.2, 0.25) is 0 Å². The number of rotatable bonds is 7. The van der Waals surface area contributed by atoms with E-state index in [-0.39, 0.29) is 16.9 Å². The molecule has 0 N–H and O–H groups in total. The van der Waals surface area contributed by atoms with Crippen LogP contribution in [0.5, 0.6) is 5.75 Å². The van der Waals surface area contributed by atoms with Gasteiger partial charge in [0.2, 0.25) is 0 Å². The van der Waals surface area contributed by atoms with E-state index in [4.69, 9.17) is 4.74 Å². The molecule has 0 unspecified atom stereocenters. The zero-order valence-corrected chi connectivity index (χ0v) is 19.6. The van der Waals surface area contributed by atoms with E-state index in [1.165, 1.54) is 12.1 Å². The van der Waals surface area contributed by atoms with E-state index >= 15 is 0 Å². The average molecular weight is 471 g/mol. The van der Waals surface area contributed by atoms with Gasteiger partial charge in [-0.3, -0.25) is 0 Å². The smallest absolute Gasteiger partial charge is 0.167 e. The van der Waals surface area contributed by atoms with E-state index in [0.717, 1.165) is 11.1 Å². The average Bonchev–Trinajstić information content (AvgIpc) is 2.87. The highest BCUT2D eigenvalue weighted by molar-refractivity contribution is 5.75. The van der Waals surface area contributed by atoms with Crippen LogP contribution in [0.15, 0.2) is 84.9 Å². The number of hydrogen-bond acceptors (Lipinski definition) is 1. The predicted molar refractivity (Wildman–Crippen MR) is 138 cm³/mol. The Morgan fingerprint density at radius 3 is 1.86 bits per heavy atom. The molecular weight excluding hydrogens is 445 g/mol. The number of benzene rings is 4. The lowest BCUT2D eigenvalue weighted by molar-refractivity contribution is 0.338. The fraction of sp³-hybridized carbons (Fsp3) is 0.0968. The molecule has 0 fully saturated rings. The molecule has 35 heavy (non-hydrogen) atoms. The van der Waals surface area contributed by atoms with Crippen molar-refractivity contribution in [3.8, 4) is 28.0 Å². The second kappa shape index (κ2) is 10.9. The minimum absolute atomic E-state index is 0.151. The Hall–Kier alpha value is -4.05. The van der Waals surface area contributed by atoms with Crippen molar-refractivity contribution in [2.75, 3.05) is 6.61 Å². The van der Waals surface area contributed by atoms with Gasteiger partial charge >= 0.3 is 0 Å². The van der Waals surface area contributed by atoms with E-state index in [2.05, 4.69) is 0 Å². The maximum atomic E-state index is 14.8. The Balaban J connectivity index is 1.52. The molecule has 0 aliphatic rings. The van der Waals surface area contributed by atoms with Gasteiger partial charge in [0.15, 0.2) is 11.6 Å². The van der Waals surface area contributed by atoms with Crippen LogP contribution in [0.25, 0.3) is 40.5 Å². The third-order valence-electron chi connectivity index (χ3n) is 5.62. The quantitative estimate of drug-likeness (QED) is 0.245. The second-order valence-corrected chi connectivity index (χ2v) is 7.98. The van der Waals surface area contributed by atoms with Gasteiger partial charge in [-0.1, -0.05) is 85.0 Å². The predicted octanol–water partition coefficient (Wildman–Crippen LogP) is 9.04. The molecule has 0 saturated heterocycles. The number of ether oxygens (including phenoxy) is 1. The van der Waals surface area contributed by atoms with Gasteiger partial charge < -0.3 is 4.74 Å². The summed E-state index contributed by atoms with van der Waals surface area (Å²) in [7, 11) is 0. The van der Waals surface area contributed by atoms with E-state index in [1.807, 2.05) is 38.1 Å². The van der Waals surface area contributed by atoms with Gasteiger partial charge in [-0.2, -0.15) is 0 Å². The third kappa shape index (κ3) is 5.55. The van der Waals surface area contributed by atoms with Crippen molar-refractivity contribution < 1.29 is 17.9 Å². The van der Waals surface area contributed by atoms with Crippen molar-refractivity contribution in [3.63, 3.8) is 0 Å². The Kier molecular flexibility index (Phi) is 7.51. The SMILES string of the molecule is C/C=C/c1ccc(-c2ccc(/C=C/c3ccc(-c4ccc(OCC)cc4F)cc3)c(F)c2F)cc1. The summed E-state index contributed by atoms with van der Waals surface area (Å²) in [4.78, 5) is 0. The van der Waals surface area contributed by atoms with Gasteiger partial charge in [0.25, 0.3) is 0 Å². The monoisotopic (exact) mass is 470 g/mol.